The molecule has 0 saturated carbocycles. The van der Waals surface area contributed by atoms with Gasteiger partial charge in [0.05, 0.1) is 5.56 Å². The van der Waals surface area contributed by atoms with E-state index in [0.717, 1.165) is 56.7 Å². The minimum Gasteiger partial charge on any atom is -0.356 e. The van der Waals surface area contributed by atoms with Crippen LogP contribution in [0.1, 0.15) is 23.1 Å². The number of nitrogens with zero attached hydrogens (tertiary/aromatic N) is 2. The van der Waals surface area contributed by atoms with Crippen molar-refractivity contribution in [1.82, 2.24) is 15.5 Å². The summed E-state index contributed by atoms with van der Waals surface area (Å²) in [4.78, 5) is 6.71. The highest BCUT2D eigenvalue weighted by Crippen LogP contribution is 2.29. The summed E-state index contributed by atoms with van der Waals surface area (Å²) in [6.07, 6.45) is -2.09. The summed E-state index contributed by atoms with van der Waals surface area (Å²) in [5.74, 6) is 1.23. The molecule has 7 heteroatoms. The van der Waals surface area contributed by atoms with E-state index in [2.05, 4.69) is 44.8 Å². The second-order valence-corrected chi connectivity index (χ2v) is 7.69. The van der Waals surface area contributed by atoms with Gasteiger partial charge in [0.2, 0.25) is 0 Å². The number of nitrogens with one attached hydrogen (secondary N) is 2. The normalized spacial score (nSPS) is 17.9. The van der Waals surface area contributed by atoms with Crippen LogP contribution in [0.15, 0.2) is 59.6 Å². The second kappa shape index (κ2) is 10.5. The van der Waals surface area contributed by atoms with Crippen molar-refractivity contribution < 1.29 is 13.2 Å². The molecule has 2 aromatic rings. The van der Waals surface area contributed by atoms with E-state index in [1.165, 1.54) is 17.7 Å². The molecule has 0 aliphatic carbocycles. The smallest absolute Gasteiger partial charge is 0.356 e. The lowest BCUT2D eigenvalue weighted by molar-refractivity contribution is -0.137. The maximum Gasteiger partial charge on any atom is 0.416 e. The molecule has 1 saturated heterocycles. The Kier molecular flexibility index (Phi) is 7.74. The molecule has 1 atom stereocenters. The first kappa shape index (κ1) is 22.2. The van der Waals surface area contributed by atoms with Crippen LogP contribution in [-0.4, -0.2) is 44.1 Å². The van der Waals surface area contributed by atoms with Gasteiger partial charge in [0, 0.05) is 33.2 Å². The molecule has 0 radical (unpaired) electrons. The maximum absolute atomic E-state index is 12.7. The maximum atomic E-state index is 12.7. The van der Waals surface area contributed by atoms with Crippen LogP contribution < -0.4 is 10.6 Å². The predicted octanol–water partition coefficient (Wildman–Crippen LogP) is 3.94. The Balaban J connectivity index is 1.37. The highest BCUT2D eigenvalue weighted by molar-refractivity contribution is 5.79. The summed E-state index contributed by atoms with van der Waals surface area (Å²) < 4.78 is 38.0. The third-order valence-electron chi connectivity index (χ3n) is 5.45. The fourth-order valence-electron chi connectivity index (χ4n) is 3.67. The standard InChI is InChI=1S/C23H29F3N4/c1-27-22(28-15-19-7-9-21(10-8-19)23(24,25)26)29-16-20-12-14-30(17-20)13-11-18-5-3-2-4-6-18/h2-10,20H,11-17H2,1H3,(H2,27,28,29). The number of hydrogen-bond acceptors (Lipinski definition) is 2. The van der Waals surface area contributed by atoms with Gasteiger partial charge in [-0.1, -0.05) is 42.5 Å². The first-order valence-corrected chi connectivity index (χ1v) is 10.3. The van der Waals surface area contributed by atoms with Gasteiger partial charge in [-0.15, -0.1) is 0 Å². The summed E-state index contributed by atoms with van der Waals surface area (Å²) in [6, 6.07) is 15.7. The molecule has 0 aromatic heterocycles. The zero-order valence-corrected chi connectivity index (χ0v) is 17.3. The number of hydrogen-bond donors (Lipinski definition) is 2. The van der Waals surface area contributed by atoms with Gasteiger partial charge in [0.25, 0.3) is 0 Å². The van der Waals surface area contributed by atoms with Gasteiger partial charge in [0.15, 0.2) is 5.96 Å². The van der Waals surface area contributed by atoms with Gasteiger partial charge in [-0.25, -0.2) is 0 Å². The van der Waals surface area contributed by atoms with Crippen molar-refractivity contribution >= 4 is 5.96 Å². The van der Waals surface area contributed by atoms with Crippen LogP contribution in [-0.2, 0) is 19.1 Å². The number of aliphatic imine (C=N–C) groups is 1. The zero-order chi connectivity index (χ0) is 21.4. The van der Waals surface area contributed by atoms with Crippen molar-refractivity contribution in [3.8, 4) is 0 Å². The molecule has 1 fully saturated rings. The molecule has 2 N–H and O–H groups in total. The third-order valence-corrected chi connectivity index (χ3v) is 5.45. The highest BCUT2D eigenvalue weighted by atomic mass is 19.4. The van der Waals surface area contributed by atoms with Crippen molar-refractivity contribution in [3.05, 3.63) is 71.3 Å². The first-order valence-electron chi connectivity index (χ1n) is 10.3. The van der Waals surface area contributed by atoms with Crippen molar-refractivity contribution in [2.45, 2.75) is 25.6 Å². The van der Waals surface area contributed by atoms with Crippen LogP contribution in [0.4, 0.5) is 13.2 Å². The fraction of sp³-hybridized carbons (Fsp3) is 0.435. The molecular formula is C23H29F3N4. The largest absolute Gasteiger partial charge is 0.416 e. The molecule has 30 heavy (non-hydrogen) atoms. The van der Waals surface area contributed by atoms with Crippen LogP contribution in [0.5, 0.6) is 0 Å². The van der Waals surface area contributed by atoms with Gasteiger partial charge in [-0.2, -0.15) is 13.2 Å². The molecule has 0 bridgehead atoms. The SMILES string of the molecule is CN=C(NCc1ccc(C(F)(F)F)cc1)NCC1CCN(CCc2ccccc2)C1. The molecular weight excluding hydrogens is 389 g/mol. The van der Waals surface area contributed by atoms with Crippen LogP contribution in [0.25, 0.3) is 0 Å². The van der Waals surface area contributed by atoms with E-state index in [1.807, 2.05) is 6.07 Å². The molecule has 0 amide bonds. The molecule has 0 spiro atoms. The lowest BCUT2D eigenvalue weighted by atomic mass is 10.1. The molecule has 4 nitrogen and oxygen atoms in total. The monoisotopic (exact) mass is 418 g/mol. The first-order chi connectivity index (χ1) is 14.4. The van der Waals surface area contributed by atoms with Gasteiger partial charge in [0.1, 0.15) is 0 Å². The minimum absolute atomic E-state index is 0.422. The molecule has 1 aliphatic rings. The molecule has 1 aliphatic heterocycles. The van der Waals surface area contributed by atoms with E-state index in [-0.39, 0.29) is 0 Å². The Hall–Kier alpha value is -2.54. The lowest BCUT2D eigenvalue weighted by Gasteiger charge is -2.18. The van der Waals surface area contributed by atoms with Crippen LogP contribution in [0.3, 0.4) is 0 Å². The van der Waals surface area contributed by atoms with Crippen molar-refractivity contribution in [1.29, 1.82) is 0 Å². The van der Waals surface area contributed by atoms with Crippen molar-refractivity contribution in [3.63, 3.8) is 0 Å². The van der Waals surface area contributed by atoms with Gasteiger partial charge in [-0.05, 0) is 48.6 Å². The van der Waals surface area contributed by atoms with Gasteiger partial charge in [-0.3, -0.25) is 4.99 Å². The summed E-state index contributed by atoms with van der Waals surface area (Å²) in [5, 5.41) is 6.51. The van der Waals surface area contributed by atoms with E-state index in [4.69, 9.17) is 0 Å². The molecule has 1 heterocycles. The van der Waals surface area contributed by atoms with E-state index in [9.17, 15) is 13.2 Å². The quantitative estimate of drug-likeness (QED) is 0.529. The van der Waals surface area contributed by atoms with Crippen molar-refractivity contribution in [2.75, 3.05) is 33.2 Å². The average molecular weight is 419 g/mol. The predicted molar refractivity (Wildman–Crippen MR) is 114 cm³/mol. The van der Waals surface area contributed by atoms with Gasteiger partial charge < -0.3 is 15.5 Å². The van der Waals surface area contributed by atoms with Crippen LogP contribution in [0, 0.1) is 5.92 Å². The van der Waals surface area contributed by atoms with Gasteiger partial charge >= 0.3 is 6.18 Å². The van der Waals surface area contributed by atoms with Crippen LogP contribution in [0.2, 0.25) is 0 Å². The number of guanidine groups is 1. The summed E-state index contributed by atoms with van der Waals surface area (Å²) in [6.45, 7) is 4.49. The topological polar surface area (TPSA) is 39.7 Å². The minimum atomic E-state index is -4.31. The number of likely N-dealkylation sites (tertiary alicyclic amines) is 1. The number of halogens is 3. The number of benzene rings is 2. The van der Waals surface area contributed by atoms with Crippen molar-refractivity contribution in [2.24, 2.45) is 10.9 Å². The van der Waals surface area contributed by atoms with E-state index in [0.29, 0.717) is 18.4 Å². The Morgan fingerprint density at radius 2 is 1.77 bits per heavy atom. The van der Waals surface area contributed by atoms with Crippen LogP contribution >= 0.6 is 0 Å². The van der Waals surface area contributed by atoms with E-state index in [1.54, 1.807) is 7.05 Å². The Labute approximate surface area is 176 Å². The fourth-order valence-corrected chi connectivity index (χ4v) is 3.67. The van der Waals surface area contributed by atoms with E-state index < -0.39 is 11.7 Å². The molecule has 2 aromatic carbocycles. The molecule has 1 unspecified atom stereocenters. The Morgan fingerprint density at radius 3 is 2.43 bits per heavy atom. The summed E-state index contributed by atoms with van der Waals surface area (Å²) in [5.41, 5.74) is 1.51. The summed E-state index contributed by atoms with van der Waals surface area (Å²) >= 11 is 0. The highest BCUT2D eigenvalue weighted by Gasteiger charge is 2.29. The Bertz CT molecular complexity index is 803. The third kappa shape index (κ3) is 6.76. The number of rotatable bonds is 7. The number of alkyl halides is 3. The molecule has 3 rings (SSSR count). The zero-order valence-electron chi connectivity index (χ0n) is 17.3. The summed E-state index contributed by atoms with van der Waals surface area (Å²) in [7, 11) is 1.70. The Morgan fingerprint density at radius 1 is 1.03 bits per heavy atom. The van der Waals surface area contributed by atoms with E-state index >= 15 is 0 Å². The molecule has 162 valence electrons. The lowest BCUT2D eigenvalue weighted by Crippen LogP contribution is -2.40. The second-order valence-electron chi connectivity index (χ2n) is 7.69. The average Bonchev–Trinajstić information content (AvgIpc) is 3.21.